The molecule has 0 saturated carbocycles. The van der Waals surface area contributed by atoms with Crippen molar-refractivity contribution in [3.63, 3.8) is 0 Å². The number of aryl methyl sites for hydroxylation is 3. The van der Waals surface area contributed by atoms with Crippen molar-refractivity contribution in [1.29, 1.82) is 0 Å². The van der Waals surface area contributed by atoms with Crippen LogP contribution in [-0.2, 0) is 0 Å². The summed E-state index contributed by atoms with van der Waals surface area (Å²) < 4.78 is 10.7. The van der Waals surface area contributed by atoms with Crippen molar-refractivity contribution in [3.05, 3.63) is 71.0 Å². The van der Waals surface area contributed by atoms with Crippen LogP contribution >= 0.6 is 0 Å². The van der Waals surface area contributed by atoms with Crippen LogP contribution in [0.25, 0.3) is 0 Å². The highest BCUT2D eigenvalue weighted by Crippen LogP contribution is 2.31. The van der Waals surface area contributed by atoms with E-state index in [4.69, 9.17) is 9.47 Å². The van der Waals surface area contributed by atoms with Crippen LogP contribution in [0.4, 0.5) is 17.1 Å². The Kier molecular flexibility index (Phi) is 6.02. The molecule has 3 aromatic rings. The number of carbonyl (C=O) groups excluding carboxylic acids is 1. The Morgan fingerprint density at radius 3 is 2.31 bits per heavy atom. The van der Waals surface area contributed by atoms with Gasteiger partial charge in [-0.15, -0.1) is 0 Å². The summed E-state index contributed by atoms with van der Waals surface area (Å²) in [5, 5.41) is 6.24. The second kappa shape index (κ2) is 8.65. The lowest BCUT2D eigenvalue weighted by atomic mass is 10.0. The van der Waals surface area contributed by atoms with E-state index in [-0.39, 0.29) is 5.91 Å². The summed E-state index contributed by atoms with van der Waals surface area (Å²) in [6, 6.07) is 11.3. The number of nitrogens with one attached hydrogen (secondary N) is 2. The zero-order chi connectivity index (χ0) is 21.0. The quantitative estimate of drug-likeness (QED) is 0.617. The van der Waals surface area contributed by atoms with Gasteiger partial charge in [-0.1, -0.05) is 17.7 Å². The molecule has 0 aliphatic rings. The van der Waals surface area contributed by atoms with Crippen molar-refractivity contribution in [2.24, 2.45) is 0 Å². The topological polar surface area (TPSA) is 72.5 Å². The van der Waals surface area contributed by atoms with Gasteiger partial charge < -0.3 is 20.1 Å². The second-order valence-corrected chi connectivity index (χ2v) is 6.88. The molecule has 0 aliphatic carbocycles. The smallest absolute Gasteiger partial charge is 0.257 e. The van der Waals surface area contributed by atoms with E-state index < -0.39 is 0 Å². The molecule has 0 atom stereocenters. The first-order valence-electron chi connectivity index (χ1n) is 9.24. The summed E-state index contributed by atoms with van der Waals surface area (Å²) in [5.41, 5.74) is 5.89. The number of ether oxygens (including phenoxy) is 2. The van der Waals surface area contributed by atoms with Crippen LogP contribution < -0.4 is 20.1 Å². The van der Waals surface area contributed by atoms with Crippen molar-refractivity contribution in [2.75, 3.05) is 24.9 Å². The molecular weight excluding hydrogens is 366 g/mol. The number of hydrogen-bond acceptors (Lipinski definition) is 5. The molecule has 0 fully saturated rings. The molecule has 150 valence electrons. The fourth-order valence-corrected chi connectivity index (χ4v) is 3.26. The molecule has 29 heavy (non-hydrogen) atoms. The van der Waals surface area contributed by atoms with Crippen molar-refractivity contribution in [3.8, 4) is 11.5 Å². The van der Waals surface area contributed by atoms with Crippen LogP contribution in [0.1, 0.15) is 27.0 Å². The van der Waals surface area contributed by atoms with Crippen molar-refractivity contribution in [2.45, 2.75) is 20.8 Å². The molecule has 6 heteroatoms. The van der Waals surface area contributed by atoms with Gasteiger partial charge in [-0.3, -0.25) is 9.78 Å². The number of pyridine rings is 1. The van der Waals surface area contributed by atoms with Gasteiger partial charge in [0.05, 0.1) is 37.4 Å². The predicted molar refractivity (Wildman–Crippen MR) is 116 cm³/mol. The first-order chi connectivity index (χ1) is 13.9. The first-order valence-corrected chi connectivity index (χ1v) is 9.24. The Bertz CT molecular complexity index is 1020. The third kappa shape index (κ3) is 4.66. The lowest BCUT2D eigenvalue weighted by Crippen LogP contribution is -2.14. The summed E-state index contributed by atoms with van der Waals surface area (Å²) >= 11 is 0. The summed E-state index contributed by atoms with van der Waals surface area (Å²) in [7, 11) is 3.20. The first kappa shape index (κ1) is 20.2. The Hall–Kier alpha value is -3.54. The van der Waals surface area contributed by atoms with Gasteiger partial charge >= 0.3 is 0 Å². The molecule has 0 bridgehead atoms. The van der Waals surface area contributed by atoms with Gasteiger partial charge in [-0.2, -0.15) is 0 Å². The van der Waals surface area contributed by atoms with Crippen LogP contribution in [0.3, 0.4) is 0 Å². The van der Waals surface area contributed by atoms with E-state index in [1.807, 2.05) is 51.1 Å². The van der Waals surface area contributed by atoms with E-state index in [9.17, 15) is 4.79 Å². The molecule has 2 N–H and O–H groups in total. The van der Waals surface area contributed by atoms with Crippen LogP contribution in [0.2, 0.25) is 0 Å². The minimum Gasteiger partial charge on any atom is -0.497 e. The molecule has 0 saturated heterocycles. The van der Waals surface area contributed by atoms with Crippen molar-refractivity contribution in [1.82, 2.24) is 4.98 Å². The van der Waals surface area contributed by atoms with Gasteiger partial charge in [0.1, 0.15) is 11.5 Å². The number of benzene rings is 2. The molecule has 6 nitrogen and oxygen atoms in total. The molecule has 1 amide bonds. The van der Waals surface area contributed by atoms with Crippen LogP contribution in [0.15, 0.2) is 48.8 Å². The monoisotopic (exact) mass is 391 g/mol. The Morgan fingerprint density at radius 1 is 0.931 bits per heavy atom. The second-order valence-electron chi connectivity index (χ2n) is 6.88. The van der Waals surface area contributed by atoms with Gasteiger partial charge in [-0.05, 0) is 50.1 Å². The SMILES string of the molecule is COc1ccc(OC)c(Nc2cncc(C(=O)Nc3c(C)cc(C)cc3C)c2)c1. The van der Waals surface area contributed by atoms with Crippen molar-refractivity contribution >= 4 is 23.0 Å². The minimum absolute atomic E-state index is 0.214. The van der Waals surface area contributed by atoms with E-state index in [0.717, 1.165) is 28.1 Å². The highest BCUT2D eigenvalue weighted by molar-refractivity contribution is 6.05. The van der Waals surface area contributed by atoms with E-state index in [0.29, 0.717) is 22.7 Å². The number of hydrogen-bond donors (Lipinski definition) is 2. The third-order valence-electron chi connectivity index (χ3n) is 4.60. The van der Waals surface area contributed by atoms with Gasteiger partial charge in [0, 0.05) is 18.0 Å². The Balaban J connectivity index is 1.84. The molecule has 0 unspecified atom stereocenters. The van der Waals surface area contributed by atoms with Crippen LogP contribution in [0, 0.1) is 20.8 Å². The van der Waals surface area contributed by atoms with Crippen LogP contribution in [-0.4, -0.2) is 25.1 Å². The average molecular weight is 391 g/mol. The van der Waals surface area contributed by atoms with Gasteiger partial charge in [0.25, 0.3) is 5.91 Å². The fraction of sp³-hybridized carbons (Fsp3) is 0.217. The van der Waals surface area contributed by atoms with Gasteiger partial charge in [-0.25, -0.2) is 0 Å². The van der Waals surface area contributed by atoms with E-state index in [1.54, 1.807) is 32.7 Å². The number of methoxy groups -OCH3 is 2. The lowest BCUT2D eigenvalue weighted by Gasteiger charge is -2.14. The molecule has 1 heterocycles. The third-order valence-corrected chi connectivity index (χ3v) is 4.60. The number of carbonyl (C=O) groups is 1. The molecule has 2 aromatic carbocycles. The van der Waals surface area contributed by atoms with Gasteiger partial charge in [0.15, 0.2) is 0 Å². The normalized spacial score (nSPS) is 10.4. The molecule has 3 rings (SSSR count). The summed E-state index contributed by atoms with van der Waals surface area (Å²) in [6.45, 7) is 6.01. The summed E-state index contributed by atoms with van der Waals surface area (Å²) in [6.07, 6.45) is 3.19. The predicted octanol–water partition coefficient (Wildman–Crippen LogP) is 5.02. The zero-order valence-corrected chi connectivity index (χ0v) is 17.3. The van der Waals surface area contributed by atoms with E-state index in [1.165, 1.54) is 0 Å². The van der Waals surface area contributed by atoms with E-state index >= 15 is 0 Å². The largest absolute Gasteiger partial charge is 0.497 e. The lowest BCUT2D eigenvalue weighted by molar-refractivity contribution is 0.102. The maximum absolute atomic E-state index is 12.8. The Morgan fingerprint density at radius 2 is 1.66 bits per heavy atom. The number of nitrogens with zero attached hydrogens (tertiary/aromatic N) is 1. The molecule has 0 spiro atoms. The van der Waals surface area contributed by atoms with E-state index in [2.05, 4.69) is 15.6 Å². The summed E-state index contributed by atoms with van der Waals surface area (Å²) in [5.74, 6) is 1.14. The van der Waals surface area contributed by atoms with Crippen molar-refractivity contribution < 1.29 is 14.3 Å². The summed E-state index contributed by atoms with van der Waals surface area (Å²) in [4.78, 5) is 17.0. The van der Waals surface area contributed by atoms with Crippen LogP contribution in [0.5, 0.6) is 11.5 Å². The average Bonchev–Trinajstić information content (AvgIpc) is 2.70. The maximum Gasteiger partial charge on any atom is 0.257 e. The number of anilines is 3. The number of rotatable bonds is 6. The van der Waals surface area contributed by atoms with Gasteiger partial charge in [0.2, 0.25) is 0 Å². The highest BCUT2D eigenvalue weighted by atomic mass is 16.5. The fourth-order valence-electron chi connectivity index (χ4n) is 3.26. The zero-order valence-electron chi connectivity index (χ0n) is 17.3. The Labute approximate surface area is 170 Å². The maximum atomic E-state index is 12.8. The molecule has 0 radical (unpaired) electrons. The number of aromatic nitrogens is 1. The minimum atomic E-state index is -0.214. The highest BCUT2D eigenvalue weighted by Gasteiger charge is 2.12. The molecule has 1 aromatic heterocycles. The number of amides is 1. The standard InChI is InChI=1S/C23H25N3O3/c1-14-8-15(2)22(16(3)9-14)26-23(27)17-10-18(13-24-12-17)25-20-11-19(28-4)6-7-21(20)29-5/h6-13,25H,1-5H3,(H,26,27). The molecular formula is C23H25N3O3. The molecule has 0 aliphatic heterocycles.